The molecule has 12 heteroatoms. The molecule has 1 aromatic carbocycles. The minimum Gasteiger partial charge on any atom is -0.496 e. The van der Waals surface area contributed by atoms with Crippen LogP contribution in [0, 0.1) is 5.82 Å². The van der Waals surface area contributed by atoms with Gasteiger partial charge in [-0.05, 0) is 24.3 Å². The number of hydrogen-bond donors (Lipinski definition) is 3. The zero-order valence-corrected chi connectivity index (χ0v) is 15.1. The standard InChI is InChI=1S/C15H14FN5O.C2HF3O2/c1-18-13-8-6-7-10(19-14(8)21-15(17)20-13)12-9(16)4-3-5-11(12)22-2;3-2(4,5)1(6)7/h3-7H,1-2H3,(H3,17,18,19,20,21);(H,6,7). The molecule has 0 amide bonds. The maximum Gasteiger partial charge on any atom is 0.490 e. The molecule has 0 bridgehead atoms. The maximum absolute atomic E-state index is 14.2. The Kier molecular flexibility index (Phi) is 6.36. The Labute approximate surface area is 161 Å². The molecule has 0 aliphatic rings. The van der Waals surface area contributed by atoms with E-state index in [4.69, 9.17) is 20.4 Å². The van der Waals surface area contributed by atoms with Gasteiger partial charge in [-0.2, -0.15) is 23.1 Å². The number of halogens is 4. The van der Waals surface area contributed by atoms with E-state index in [1.165, 1.54) is 13.2 Å². The van der Waals surface area contributed by atoms with Gasteiger partial charge < -0.3 is 20.9 Å². The number of methoxy groups -OCH3 is 1. The highest BCUT2D eigenvalue weighted by Gasteiger charge is 2.38. The van der Waals surface area contributed by atoms with Crippen molar-refractivity contribution in [3.8, 4) is 17.0 Å². The second kappa shape index (κ2) is 8.54. The molecule has 2 heterocycles. The molecule has 3 rings (SSSR count). The highest BCUT2D eigenvalue weighted by atomic mass is 19.4. The number of alkyl halides is 3. The molecule has 0 aliphatic heterocycles. The minimum atomic E-state index is -5.08. The second-order valence-electron chi connectivity index (χ2n) is 5.37. The Morgan fingerprint density at radius 1 is 1.17 bits per heavy atom. The van der Waals surface area contributed by atoms with E-state index < -0.39 is 18.0 Å². The third-order valence-corrected chi connectivity index (χ3v) is 3.51. The number of nitrogens with two attached hydrogens (primary N) is 1. The highest BCUT2D eigenvalue weighted by Crippen LogP contribution is 2.32. The summed E-state index contributed by atoms with van der Waals surface area (Å²) in [6.45, 7) is 0. The number of aliphatic carboxylic acids is 1. The maximum atomic E-state index is 14.2. The number of carbonyl (C=O) groups is 1. The molecule has 2 aromatic heterocycles. The summed E-state index contributed by atoms with van der Waals surface area (Å²) in [5.41, 5.74) is 6.77. The van der Waals surface area contributed by atoms with Gasteiger partial charge in [0.25, 0.3) is 0 Å². The van der Waals surface area contributed by atoms with Crippen LogP contribution in [0.5, 0.6) is 5.75 Å². The zero-order valence-electron chi connectivity index (χ0n) is 15.1. The molecule has 4 N–H and O–H groups in total. The van der Waals surface area contributed by atoms with Gasteiger partial charge in [0.15, 0.2) is 5.65 Å². The number of nitrogens with zero attached hydrogens (tertiary/aromatic N) is 3. The van der Waals surface area contributed by atoms with Crippen LogP contribution < -0.4 is 15.8 Å². The summed E-state index contributed by atoms with van der Waals surface area (Å²) in [6, 6.07) is 8.09. The van der Waals surface area contributed by atoms with Gasteiger partial charge in [0.05, 0.1) is 23.8 Å². The number of ether oxygens (including phenoxy) is 1. The van der Waals surface area contributed by atoms with E-state index in [0.29, 0.717) is 28.3 Å². The average molecular weight is 413 g/mol. The van der Waals surface area contributed by atoms with Gasteiger partial charge >= 0.3 is 12.1 Å². The van der Waals surface area contributed by atoms with Gasteiger partial charge in [0.2, 0.25) is 5.95 Å². The number of carboxylic acids is 1. The lowest BCUT2D eigenvalue weighted by molar-refractivity contribution is -0.192. The van der Waals surface area contributed by atoms with Gasteiger partial charge in [-0.15, -0.1) is 0 Å². The highest BCUT2D eigenvalue weighted by molar-refractivity contribution is 5.89. The Hall–Kier alpha value is -3.70. The van der Waals surface area contributed by atoms with Crippen molar-refractivity contribution in [1.82, 2.24) is 15.0 Å². The number of rotatable bonds is 3. The lowest BCUT2D eigenvalue weighted by Crippen LogP contribution is -2.21. The molecule has 0 unspecified atom stereocenters. The van der Waals surface area contributed by atoms with Crippen LogP contribution in [-0.2, 0) is 4.79 Å². The van der Waals surface area contributed by atoms with Crippen molar-refractivity contribution in [3.05, 3.63) is 36.1 Å². The Balaban J connectivity index is 0.000000370. The first-order chi connectivity index (χ1) is 13.6. The molecule has 0 atom stereocenters. The van der Waals surface area contributed by atoms with Crippen molar-refractivity contribution in [2.24, 2.45) is 0 Å². The van der Waals surface area contributed by atoms with Crippen LogP contribution in [0.1, 0.15) is 0 Å². The predicted octanol–water partition coefficient (Wildman–Crippen LogP) is 3.10. The molecule has 0 saturated carbocycles. The lowest BCUT2D eigenvalue weighted by atomic mass is 10.1. The molecule has 3 aromatic rings. The van der Waals surface area contributed by atoms with Gasteiger partial charge in [0, 0.05) is 7.05 Å². The van der Waals surface area contributed by atoms with E-state index in [0.717, 1.165) is 0 Å². The third-order valence-electron chi connectivity index (χ3n) is 3.51. The van der Waals surface area contributed by atoms with Crippen LogP contribution in [-0.4, -0.2) is 46.4 Å². The Bertz CT molecular complexity index is 1040. The fourth-order valence-electron chi connectivity index (χ4n) is 2.28. The number of pyridine rings is 1. The molecule has 29 heavy (non-hydrogen) atoms. The summed E-state index contributed by atoms with van der Waals surface area (Å²) < 4.78 is 51.1. The number of benzene rings is 1. The summed E-state index contributed by atoms with van der Waals surface area (Å²) in [5, 5.41) is 10.8. The molecular formula is C17H15F4N5O3. The van der Waals surface area contributed by atoms with Crippen molar-refractivity contribution >= 4 is 28.8 Å². The van der Waals surface area contributed by atoms with E-state index in [1.807, 2.05) is 0 Å². The summed E-state index contributed by atoms with van der Waals surface area (Å²) in [4.78, 5) is 21.5. The van der Waals surface area contributed by atoms with Crippen molar-refractivity contribution in [2.45, 2.75) is 6.18 Å². The van der Waals surface area contributed by atoms with Crippen LogP contribution in [0.2, 0.25) is 0 Å². The van der Waals surface area contributed by atoms with Crippen LogP contribution >= 0.6 is 0 Å². The topological polar surface area (TPSA) is 123 Å². The third kappa shape index (κ3) is 4.97. The summed E-state index contributed by atoms with van der Waals surface area (Å²) >= 11 is 0. The first-order valence-electron chi connectivity index (χ1n) is 7.83. The Morgan fingerprint density at radius 2 is 1.83 bits per heavy atom. The van der Waals surface area contributed by atoms with Crippen molar-refractivity contribution < 1.29 is 32.2 Å². The normalized spacial score (nSPS) is 10.8. The monoisotopic (exact) mass is 413 g/mol. The van der Waals surface area contributed by atoms with Gasteiger partial charge in [-0.3, -0.25) is 0 Å². The van der Waals surface area contributed by atoms with E-state index >= 15 is 0 Å². The number of nitrogens with one attached hydrogen (secondary N) is 1. The van der Waals surface area contributed by atoms with E-state index in [2.05, 4.69) is 20.3 Å². The molecule has 0 saturated heterocycles. The fourth-order valence-corrected chi connectivity index (χ4v) is 2.28. The van der Waals surface area contributed by atoms with Crippen molar-refractivity contribution in [2.75, 3.05) is 25.2 Å². The quantitative estimate of drug-likeness (QED) is 0.560. The van der Waals surface area contributed by atoms with Crippen LogP contribution in [0.25, 0.3) is 22.3 Å². The van der Waals surface area contributed by atoms with Gasteiger partial charge in [-0.1, -0.05) is 6.07 Å². The summed E-state index contributed by atoms with van der Waals surface area (Å²) in [7, 11) is 3.22. The summed E-state index contributed by atoms with van der Waals surface area (Å²) in [5.74, 6) is -2.10. The first-order valence-corrected chi connectivity index (χ1v) is 7.83. The number of anilines is 2. The number of fused-ring (bicyclic) bond motifs is 1. The Morgan fingerprint density at radius 3 is 2.38 bits per heavy atom. The fraction of sp³-hybridized carbons (Fsp3) is 0.176. The molecular weight excluding hydrogens is 398 g/mol. The molecule has 0 aliphatic carbocycles. The number of hydrogen-bond acceptors (Lipinski definition) is 7. The van der Waals surface area contributed by atoms with Gasteiger partial charge in [0.1, 0.15) is 17.4 Å². The van der Waals surface area contributed by atoms with Crippen LogP contribution in [0.15, 0.2) is 30.3 Å². The number of carboxylic acid groups (broad SMARTS) is 1. The zero-order chi connectivity index (χ0) is 21.8. The number of aromatic nitrogens is 3. The summed E-state index contributed by atoms with van der Waals surface area (Å²) in [6.07, 6.45) is -5.08. The minimum absolute atomic E-state index is 0.0991. The smallest absolute Gasteiger partial charge is 0.490 e. The van der Waals surface area contributed by atoms with Crippen molar-refractivity contribution in [3.63, 3.8) is 0 Å². The largest absolute Gasteiger partial charge is 0.496 e. The van der Waals surface area contributed by atoms with Crippen molar-refractivity contribution in [1.29, 1.82) is 0 Å². The van der Waals surface area contributed by atoms with Gasteiger partial charge in [-0.25, -0.2) is 14.2 Å². The van der Waals surface area contributed by atoms with E-state index in [1.54, 1.807) is 31.3 Å². The number of nitrogen functional groups attached to an aromatic ring is 1. The molecule has 0 radical (unpaired) electrons. The molecule has 0 fully saturated rings. The predicted molar refractivity (Wildman–Crippen MR) is 96.9 cm³/mol. The SMILES string of the molecule is CNc1nc(N)nc2nc(-c3c(F)cccc3OC)ccc12.O=C(O)C(F)(F)F. The second-order valence-corrected chi connectivity index (χ2v) is 5.37. The van der Waals surface area contributed by atoms with Crippen LogP contribution in [0.4, 0.5) is 29.3 Å². The molecule has 0 spiro atoms. The van der Waals surface area contributed by atoms with E-state index in [9.17, 15) is 17.6 Å². The lowest BCUT2D eigenvalue weighted by Gasteiger charge is -2.10. The molecule has 8 nitrogen and oxygen atoms in total. The first kappa shape index (κ1) is 21.6. The average Bonchev–Trinajstić information content (AvgIpc) is 2.66. The van der Waals surface area contributed by atoms with Crippen LogP contribution in [0.3, 0.4) is 0 Å². The molecule has 154 valence electrons. The van der Waals surface area contributed by atoms with E-state index in [-0.39, 0.29) is 11.5 Å².